The van der Waals surface area contributed by atoms with Crippen molar-refractivity contribution in [1.82, 2.24) is 19.9 Å². The van der Waals surface area contributed by atoms with Gasteiger partial charge < -0.3 is 10.6 Å². The van der Waals surface area contributed by atoms with Crippen LogP contribution in [0.3, 0.4) is 0 Å². The van der Waals surface area contributed by atoms with E-state index < -0.39 is 0 Å². The Hall–Kier alpha value is -3.51. The van der Waals surface area contributed by atoms with E-state index >= 15 is 0 Å². The van der Waals surface area contributed by atoms with Crippen LogP contribution in [0, 0.1) is 0 Å². The molecule has 31 heavy (non-hydrogen) atoms. The molecular weight excluding hydrogens is 384 g/mol. The number of nitrogens with one attached hydrogen (secondary N) is 2. The van der Waals surface area contributed by atoms with Crippen LogP contribution >= 0.6 is 0 Å². The lowest BCUT2D eigenvalue weighted by molar-refractivity contribution is 0.211. The summed E-state index contributed by atoms with van der Waals surface area (Å²) in [6.45, 7) is 3.21. The van der Waals surface area contributed by atoms with Crippen LogP contribution in [0.5, 0.6) is 0 Å². The van der Waals surface area contributed by atoms with Crippen molar-refractivity contribution in [1.29, 1.82) is 0 Å². The minimum Gasteiger partial charge on any atom is -0.367 e. The van der Waals surface area contributed by atoms with Crippen LogP contribution < -0.4 is 10.6 Å². The van der Waals surface area contributed by atoms with Crippen LogP contribution in [0.2, 0.25) is 0 Å². The van der Waals surface area contributed by atoms with Crippen molar-refractivity contribution in [2.24, 2.45) is 0 Å². The number of hydrogen-bond donors (Lipinski definition) is 2. The number of anilines is 3. The molecule has 0 radical (unpaired) electrons. The standard InChI is InChI=1S/C25H26N6/c1-2-5-19(6-3-1)18-31-15-11-21(12-16-31)28-24-10-14-27-25(30-24)29-22-8-9-23-20(17-22)7-4-13-26-23/h1-10,13-14,17,21H,11-12,15-16,18H2,(H2,27,28,29,30). The number of fused-ring (bicyclic) bond motifs is 1. The van der Waals surface area contributed by atoms with Gasteiger partial charge in [-0.3, -0.25) is 9.88 Å². The lowest BCUT2D eigenvalue weighted by Crippen LogP contribution is -2.38. The number of rotatable bonds is 6. The van der Waals surface area contributed by atoms with E-state index in [1.807, 2.05) is 24.3 Å². The smallest absolute Gasteiger partial charge is 0.229 e. The van der Waals surface area contributed by atoms with Crippen molar-refractivity contribution in [3.63, 3.8) is 0 Å². The second kappa shape index (κ2) is 9.10. The minimum absolute atomic E-state index is 0.432. The highest BCUT2D eigenvalue weighted by molar-refractivity contribution is 5.82. The predicted molar refractivity (Wildman–Crippen MR) is 125 cm³/mol. The van der Waals surface area contributed by atoms with Crippen LogP contribution in [0.15, 0.2) is 79.1 Å². The van der Waals surface area contributed by atoms with Gasteiger partial charge in [0, 0.05) is 49.1 Å². The summed E-state index contributed by atoms with van der Waals surface area (Å²) in [5.74, 6) is 1.45. The molecule has 0 aliphatic carbocycles. The zero-order valence-electron chi connectivity index (χ0n) is 17.4. The number of benzene rings is 2. The molecule has 5 rings (SSSR count). The molecule has 6 nitrogen and oxygen atoms in total. The molecule has 0 spiro atoms. The van der Waals surface area contributed by atoms with E-state index in [4.69, 9.17) is 0 Å². The molecule has 2 aromatic carbocycles. The number of nitrogens with zero attached hydrogens (tertiary/aromatic N) is 4. The van der Waals surface area contributed by atoms with Gasteiger partial charge >= 0.3 is 0 Å². The third-order valence-electron chi connectivity index (χ3n) is 5.70. The average Bonchev–Trinajstić information content (AvgIpc) is 2.81. The summed E-state index contributed by atoms with van der Waals surface area (Å²) in [5, 5.41) is 7.99. The summed E-state index contributed by atoms with van der Waals surface area (Å²) >= 11 is 0. The van der Waals surface area contributed by atoms with Crippen molar-refractivity contribution in [2.75, 3.05) is 23.7 Å². The topological polar surface area (TPSA) is 66.0 Å². The van der Waals surface area contributed by atoms with Crippen molar-refractivity contribution in [2.45, 2.75) is 25.4 Å². The van der Waals surface area contributed by atoms with Gasteiger partial charge in [0.15, 0.2) is 0 Å². The molecule has 156 valence electrons. The lowest BCUT2D eigenvalue weighted by atomic mass is 10.0. The Balaban J connectivity index is 1.18. The highest BCUT2D eigenvalue weighted by atomic mass is 15.2. The van der Waals surface area contributed by atoms with E-state index in [0.29, 0.717) is 12.0 Å². The molecule has 4 aromatic rings. The van der Waals surface area contributed by atoms with E-state index in [9.17, 15) is 0 Å². The van der Waals surface area contributed by atoms with E-state index in [0.717, 1.165) is 54.9 Å². The molecule has 1 fully saturated rings. The maximum absolute atomic E-state index is 4.67. The highest BCUT2D eigenvalue weighted by Crippen LogP contribution is 2.21. The third-order valence-corrected chi connectivity index (χ3v) is 5.70. The quantitative estimate of drug-likeness (QED) is 0.474. The van der Waals surface area contributed by atoms with E-state index in [1.165, 1.54) is 5.56 Å². The van der Waals surface area contributed by atoms with Gasteiger partial charge in [-0.05, 0) is 48.7 Å². The Labute approximate surface area is 182 Å². The maximum Gasteiger partial charge on any atom is 0.229 e. The first-order valence-electron chi connectivity index (χ1n) is 10.8. The molecule has 0 amide bonds. The molecule has 2 N–H and O–H groups in total. The van der Waals surface area contributed by atoms with Crippen LogP contribution in [0.25, 0.3) is 10.9 Å². The minimum atomic E-state index is 0.432. The molecule has 0 unspecified atom stereocenters. The van der Waals surface area contributed by atoms with Crippen LogP contribution in [0.1, 0.15) is 18.4 Å². The Morgan fingerprint density at radius 1 is 0.871 bits per heavy atom. The summed E-state index contributed by atoms with van der Waals surface area (Å²) in [6.07, 6.45) is 5.82. The first kappa shape index (κ1) is 19.5. The van der Waals surface area contributed by atoms with E-state index in [1.54, 1.807) is 12.4 Å². The fraction of sp³-hybridized carbons (Fsp3) is 0.240. The first-order valence-corrected chi connectivity index (χ1v) is 10.8. The zero-order chi connectivity index (χ0) is 20.9. The Bertz CT molecular complexity index is 1140. The van der Waals surface area contributed by atoms with E-state index in [2.05, 4.69) is 72.9 Å². The van der Waals surface area contributed by atoms with Gasteiger partial charge in [-0.25, -0.2) is 4.98 Å². The normalized spacial score (nSPS) is 15.1. The monoisotopic (exact) mass is 410 g/mol. The second-order valence-corrected chi connectivity index (χ2v) is 7.98. The molecule has 0 saturated carbocycles. The van der Waals surface area contributed by atoms with E-state index in [-0.39, 0.29) is 0 Å². The number of pyridine rings is 1. The highest BCUT2D eigenvalue weighted by Gasteiger charge is 2.19. The van der Waals surface area contributed by atoms with Crippen LogP contribution in [-0.4, -0.2) is 39.0 Å². The largest absolute Gasteiger partial charge is 0.367 e. The Morgan fingerprint density at radius 2 is 1.74 bits per heavy atom. The third kappa shape index (κ3) is 4.98. The van der Waals surface area contributed by atoms with Crippen molar-refractivity contribution in [3.8, 4) is 0 Å². The summed E-state index contributed by atoms with van der Waals surface area (Å²) in [7, 11) is 0. The number of piperidine rings is 1. The summed E-state index contributed by atoms with van der Waals surface area (Å²) in [4.78, 5) is 15.9. The molecule has 2 aromatic heterocycles. The average molecular weight is 411 g/mol. The fourth-order valence-corrected chi connectivity index (χ4v) is 4.07. The number of hydrogen-bond acceptors (Lipinski definition) is 6. The zero-order valence-corrected chi connectivity index (χ0v) is 17.4. The van der Waals surface area contributed by atoms with Gasteiger partial charge in [0.25, 0.3) is 0 Å². The van der Waals surface area contributed by atoms with Crippen LogP contribution in [0.4, 0.5) is 17.5 Å². The molecular formula is C25H26N6. The Kier molecular flexibility index (Phi) is 5.71. The molecule has 0 atom stereocenters. The number of aromatic nitrogens is 3. The van der Waals surface area contributed by atoms with Gasteiger partial charge in [0.2, 0.25) is 5.95 Å². The van der Waals surface area contributed by atoms with Crippen LogP contribution in [-0.2, 0) is 6.54 Å². The summed E-state index contributed by atoms with van der Waals surface area (Å²) in [6, 6.07) is 23.1. The molecule has 1 aliphatic rings. The van der Waals surface area contributed by atoms with Gasteiger partial charge in [0.05, 0.1) is 5.52 Å². The van der Waals surface area contributed by atoms with Gasteiger partial charge in [0.1, 0.15) is 5.82 Å². The molecule has 3 heterocycles. The SMILES string of the molecule is c1ccc(CN2CCC(Nc3ccnc(Nc4ccc5ncccc5c4)n3)CC2)cc1. The van der Waals surface area contributed by atoms with Gasteiger partial charge in [-0.15, -0.1) is 0 Å². The van der Waals surface area contributed by atoms with Crippen molar-refractivity contribution >= 4 is 28.4 Å². The molecule has 1 saturated heterocycles. The van der Waals surface area contributed by atoms with Crippen molar-refractivity contribution in [3.05, 3.63) is 84.7 Å². The summed E-state index contributed by atoms with van der Waals surface area (Å²) in [5.41, 5.74) is 3.31. The fourth-order valence-electron chi connectivity index (χ4n) is 4.07. The second-order valence-electron chi connectivity index (χ2n) is 7.98. The van der Waals surface area contributed by atoms with Gasteiger partial charge in [-0.2, -0.15) is 4.98 Å². The molecule has 1 aliphatic heterocycles. The van der Waals surface area contributed by atoms with Crippen molar-refractivity contribution < 1.29 is 0 Å². The predicted octanol–water partition coefficient (Wildman–Crippen LogP) is 4.84. The summed E-state index contributed by atoms with van der Waals surface area (Å²) < 4.78 is 0. The molecule has 6 heteroatoms. The molecule has 0 bridgehead atoms. The first-order chi connectivity index (χ1) is 15.3. The maximum atomic E-state index is 4.67. The lowest BCUT2D eigenvalue weighted by Gasteiger charge is -2.32. The Morgan fingerprint density at radius 3 is 2.61 bits per heavy atom. The number of likely N-dealkylation sites (tertiary alicyclic amines) is 1. The van der Waals surface area contributed by atoms with Gasteiger partial charge in [-0.1, -0.05) is 36.4 Å².